The van der Waals surface area contributed by atoms with Crippen molar-refractivity contribution in [2.45, 2.75) is 64.8 Å². The zero-order valence-electron chi connectivity index (χ0n) is 18.7. The van der Waals surface area contributed by atoms with Crippen molar-refractivity contribution in [1.82, 2.24) is 40.8 Å². The first-order valence-electron chi connectivity index (χ1n) is 11.4. The summed E-state index contributed by atoms with van der Waals surface area (Å²) < 4.78 is 11.7. The fourth-order valence-electron chi connectivity index (χ4n) is 3.68. The second-order valence-corrected chi connectivity index (χ2v) is 7.85. The number of hydrogen-bond donors (Lipinski definition) is 1. The minimum absolute atomic E-state index is 0.0346. The Labute approximate surface area is 190 Å². The van der Waals surface area contributed by atoms with Crippen molar-refractivity contribution in [3.8, 4) is 5.75 Å². The van der Waals surface area contributed by atoms with Gasteiger partial charge >= 0.3 is 0 Å². The predicted octanol–water partition coefficient (Wildman–Crippen LogP) is 2.67. The number of nitrogens with one attached hydrogen (secondary N) is 1. The first kappa shape index (κ1) is 22.6. The van der Waals surface area contributed by atoms with Gasteiger partial charge in [0.25, 0.3) is 0 Å². The molecule has 0 aliphatic rings. The Bertz CT molecular complexity index is 1200. The molecule has 0 aliphatic carbocycles. The van der Waals surface area contributed by atoms with Crippen LogP contribution in [0.15, 0.2) is 33.7 Å². The molecule has 11 nitrogen and oxygen atoms in total. The maximum atomic E-state index is 12.1. The lowest BCUT2D eigenvalue weighted by Crippen LogP contribution is -2.05. The zero-order chi connectivity index (χ0) is 22.9. The van der Waals surface area contributed by atoms with Gasteiger partial charge in [-0.15, -0.1) is 20.4 Å². The largest absolute Gasteiger partial charge is 0.493 e. The zero-order valence-corrected chi connectivity index (χ0v) is 18.7. The van der Waals surface area contributed by atoms with Crippen molar-refractivity contribution < 1.29 is 9.15 Å². The van der Waals surface area contributed by atoms with Crippen molar-refractivity contribution in [2.24, 2.45) is 0 Å². The van der Waals surface area contributed by atoms with E-state index in [0.29, 0.717) is 24.1 Å². The summed E-state index contributed by atoms with van der Waals surface area (Å²) >= 11 is 0. The molecule has 3 heterocycles. The molecule has 3 aromatic heterocycles. The van der Waals surface area contributed by atoms with E-state index in [1.54, 1.807) is 10.9 Å². The van der Waals surface area contributed by atoms with Crippen LogP contribution in [0.4, 0.5) is 0 Å². The molecule has 0 saturated carbocycles. The standard InChI is InChI=1S/C22H28N8O3/c1-2-7-17-19(11-10-16-18(31)12-15-33-22(16)17)32-14-6-4-9-21-25-29-30(26-21)13-5-3-8-20-23-27-28-24-20/h10-12,15H,2-9,13-14H2,1H3,(H,23,24,27,28). The molecule has 174 valence electrons. The number of aromatic nitrogens is 8. The van der Waals surface area contributed by atoms with Crippen molar-refractivity contribution in [2.75, 3.05) is 6.61 Å². The number of fused-ring (bicyclic) bond motifs is 1. The second kappa shape index (κ2) is 11.3. The van der Waals surface area contributed by atoms with Crippen LogP contribution in [0.5, 0.6) is 5.75 Å². The van der Waals surface area contributed by atoms with E-state index in [0.717, 1.165) is 74.3 Å². The van der Waals surface area contributed by atoms with Crippen LogP contribution >= 0.6 is 0 Å². The van der Waals surface area contributed by atoms with Crippen molar-refractivity contribution in [3.05, 3.63) is 51.9 Å². The van der Waals surface area contributed by atoms with Gasteiger partial charge in [-0.2, -0.15) is 10.0 Å². The van der Waals surface area contributed by atoms with E-state index in [9.17, 15) is 4.79 Å². The van der Waals surface area contributed by atoms with Gasteiger partial charge in [-0.3, -0.25) is 4.79 Å². The number of H-pyrrole nitrogens is 1. The molecule has 0 fully saturated rings. The molecule has 0 amide bonds. The van der Waals surface area contributed by atoms with Gasteiger partial charge in [0.2, 0.25) is 0 Å². The summed E-state index contributed by atoms with van der Waals surface area (Å²) in [5.41, 5.74) is 1.55. The molecule has 33 heavy (non-hydrogen) atoms. The number of benzene rings is 1. The lowest BCUT2D eigenvalue weighted by molar-refractivity contribution is 0.303. The third-order valence-corrected chi connectivity index (χ3v) is 5.33. The molecule has 0 radical (unpaired) electrons. The number of rotatable bonds is 13. The number of hydrogen-bond acceptors (Lipinski definition) is 9. The highest BCUT2D eigenvalue weighted by atomic mass is 16.5. The number of aromatic amines is 1. The highest BCUT2D eigenvalue weighted by Gasteiger charge is 2.12. The lowest BCUT2D eigenvalue weighted by Gasteiger charge is -2.12. The molecular weight excluding hydrogens is 424 g/mol. The SMILES string of the molecule is CCCc1c(OCCCCc2nnn(CCCCc3nn[nH]n3)n2)ccc2c(=O)ccoc12. The summed E-state index contributed by atoms with van der Waals surface area (Å²) in [5.74, 6) is 2.25. The highest BCUT2D eigenvalue weighted by Crippen LogP contribution is 2.28. The van der Waals surface area contributed by atoms with Crippen LogP contribution in [-0.2, 0) is 25.8 Å². The number of nitrogens with zero attached hydrogens (tertiary/aromatic N) is 7. The average molecular weight is 453 g/mol. The van der Waals surface area contributed by atoms with Gasteiger partial charge in [0, 0.05) is 24.5 Å². The third kappa shape index (κ3) is 5.99. The van der Waals surface area contributed by atoms with Crippen LogP contribution in [0.3, 0.4) is 0 Å². The molecule has 0 spiro atoms. The molecule has 11 heteroatoms. The van der Waals surface area contributed by atoms with E-state index in [1.807, 2.05) is 6.07 Å². The Hall–Kier alpha value is -3.63. The molecule has 0 aliphatic heterocycles. The van der Waals surface area contributed by atoms with Crippen LogP contribution in [0.1, 0.15) is 56.2 Å². The Morgan fingerprint density at radius 1 is 1.03 bits per heavy atom. The second-order valence-electron chi connectivity index (χ2n) is 7.85. The fourth-order valence-corrected chi connectivity index (χ4v) is 3.68. The van der Waals surface area contributed by atoms with Crippen LogP contribution in [0.25, 0.3) is 11.0 Å². The number of tetrazole rings is 2. The summed E-state index contributed by atoms with van der Waals surface area (Å²) in [6.07, 6.45) is 8.32. The topological polar surface area (TPSA) is 138 Å². The van der Waals surface area contributed by atoms with Crippen LogP contribution < -0.4 is 10.2 Å². The molecule has 0 saturated heterocycles. The van der Waals surface area contributed by atoms with Crippen molar-refractivity contribution in [1.29, 1.82) is 0 Å². The predicted molar refractivity (Wildman–Crippen MR) is 120 cm³/mol. The van der Waals surface area contributed by atoms with Gasteiger partial charge in [-0.05, 0) is 49.5 Å². The molecule has 4 rings (SSSR count). The van der Waals surface area contributed by atoms with E-state index in [4.69, 9.17) is 9.15 Å². The maximum absolute atomic E-state index is 12.1. The monoisotopic (exact) mass is 452 g/mol. The Balaban J connectivity index is 1.20. The van der Waals surface area contributed by atoms with Crippen LogP contribution in [0.2, 0.25) is 0 Å². The van der Waals surface area contributed by atoms with Crippen molar-refractivity contribution in [3.63, 3.8) is 0 Å². The summed E-state index contributed by atoms with van der Waals surface area (Å²) in [6.45, 7) is 3.38. The first-order chi connectivity index (χ1) is 16.2. The van der Waals surface area contributed by atoms with Crippen molar-refractivity contribution >= 4 is 11.0 Å². The smallest absolute Gasteiger partial charge is 0.192 e. The summed E-state index contributed by atoms with van der Waals surface area (Å²) in [4.78, 5) is 13.7. The Morgan fingerprint density at radius 3 is 2.76 bits per heavy atom. The average Bonchev–Trinajstić information content (AvgIpc) is 3.50. The third-order valence-electron chi connectivity index (χ3n) is 5.33. The van der Waals surface area contributed by atoms with Gasteiger partial charge in [-0.1, -0.05) is 18.6 Å². The minimum Gasteiger partial charge on any atom is -0.493 e. The Morgan fingerprint density at radius 2 is 1.91 bits per heavy atom. The van der Waals surface area contributed by atoms with Gasteiger partial charge in [0.15, 0.2) is 17.1 Å². The van der Waals surface area contributed by atoms with Gasteiger partial charge in [0.05, 0.1) is 24.8 Å². The maximum Gasteiger partial charge on any atom is 0.192 e. The molecule has 4 aromatic rings. The van der Waals surface area contributed by atoms with E-state index in [-0.39, 0.29) is 5.43 Å². The van der Waals surface area contributed by atoms with Gasteiger partial charge in [0.1, 0.15) is 11.3 Å². The molecular formula is C22H28N8O3. The van der Waals surface area contributed by atoms with Gasteiger partial charge < -0.3 is 9.15 Å². The molecule has 0 unspecified atom stereocenters. The van der Waals surface area contributed by atoms with Gasteiger partial charge in [-0.25, -0.2) is 0 Å². The minimum atomic E-state index is -0.0346. The summed E-state index contributed by atoms with van der Waals surface area (Å²) in [6, 6.07) is 5.09. The lowest BCUT2D eigenvalue weighted by atomic mass is 10.1. The van der Waals surface area contributed by atoms with E-state index >= 15 is 0 Å². The van der Waals surface area contributed by atoms with Crippen LogP contribution in [0, 0.1) is 0 Å². The van der Waals surface area contributed by atoms with Crippen LogP contribution in [-0.4, -0.2) is 47.4 Å². The van der Waals surface area contributed by atoms with E-state index < -0.39 is 0 Å². The van der Waals surface area contributed by atoms with E-state index in [1.165, 1.54) is 12.3 Å². The first-order valence-corrected chi connectivity index (χ1v) is 11.4. The fraction of sp³-hybridized carbons (Fsp3) is 0.500. The van der Waals surface area contributed by atoms with E-state index in [2.05, 4.69) is 43.0 Å². The quantitative estimate of drug-likeness (QED) is 0.303. The molecule has 0 atom stereocenters. The Kier molecular flexibility index (Phi) is 7.72. The number of unbranched alkanes of at least 4 members (excludes halogenated alkanes) is 2. The normalized spacial score (nSPS) is 11.3. The summed E-state index contributed by atoms with van der Waals surface area (Å²) in [7, 11) is 0. The highest BCUT2D eigenvalue weighted by molar-refractivity contribution is 5.81. The number of ether oxygens (including phenoxy) is 1. The molecule has 1 N–H and O–H groups in total. The molecule has 1 aromatic carbocycles. The summed E-state index contributed by atoms with van der Waals surface area (Å²) in [5, 5.41) is 27.2. The number of aryl methyl sites for hydroxylation is 4. The molecule has 0 bridgehead atoms.